The van der Waals surface area contributed by atoms with Crippen molar-refractivity contribution in [1.29, 1.82) is 0 Å². The predicted molar refractivity (Wildman–Crippen MR) is 111 cm³/mol. The Kier molecular flexibility index (Phi) is 4.59. The Hall–Kier alpha value is -2.78. The van der Waals surface area contributed by atoms with Gasteiger partial charge in [0.25, 0.3) is 11.5 Å². The van der Waals surface area contributed by atoms with Crippen molar-refractivity contribution in [3.8, 4) is 11.3 Å². The third-order valence-electron chi connectivity index (χ3n) is 6.66. The highest BCUT2D eigenvalue weighted by Gasteiger charge is 2.44. The number of carbonyl (C=O) groups is 1. The number of carbonyl (C=O) groups excluding carboxylic acids is 1. The van der Waals surface area contributed by atoms with Crippen LogP contribution in [0.4, 0.5) is 5.82 Å². The summed E-state index contributed by atoms with van der Waals surface area (Å²) < 4.78 is 1.83. The smallest absolute Gasteiger partial charge is 0.254 e. The highest BCUT2D eigenvalue weighted by Crippen LogP contribution is 2.37. The highest BCUT2D eigenvalue weighted by molar-refractivity contribution is 5.85. The number of likely N-dealkylation sites (tertiary alicyclic amines) is 1. The van der Waals surface area contributed by atoms with Crippen molar-refractivity contribution in [2.24, 2.45) is 5.92 Å². The topological polar surface area (TPSA) is 126 Å². The largest absolute Gasteiger partial charge is 0.384 e. The lowest BCUT2D eigenvalue weighted by Gasteiger charge is -2.45. The molecule has 1 amide bonds. The van der Waals surface area contributed by atoms with E-state index in [2.05, 4.69) is 15.3 Å². The van der Waals surface area contributed by atoms with Crippen molar-refractivity contribution in [2.75, 3.05) is 31.9 Å². The molecule has 9 nitrogen and oxygen atoms in total. The van der Waals surface area contributed by atoms with Gasteiger partial charge in [0.2, 0.25) is 0 Å². The Morgan fingerprint density at radius 1 is 1.17 bits per heavy atom. The van der Waals surface area contributed by atoms with Crippen LogP contribution >= 0.6 is 0 Å². The Balaban J connectivity index is 1.46. The number of anilines is 1. The van der Waals surface area contributed by atoms with Crippen molar-refractivity contribution in [3.63, 3.8) is 0 Å². The molecule has 2 atom stereocenters. The van der Waals surface area contributed by atoms with Crippen molar-refractivity contribution in [3.05, 3.63) is 40.6 Å². The van der Waals surface area contributed by atoms with Gasteiger partial charge in [0.15, 0.2) is 0 Å². The zero-order valence-corrected chi connectivity index (χ0v) is 16.8. The second kappa shape index (κ2) is 7.17. The number of nitrogens with two attached hydrogens (primary N) is 1. The van der Waals surface area contributed by atoms with Gasteiger partial charge in [-0.3, -0.25) is 9.59 Å². The number of nitrogens with zero attached hydrogens (tertiary/aromatic N) is 4. The number of amides is 1. The van der Waals surface area contributed by atoms with Crippen LogP contribution in [0, 0.1) is 5.92 Å². The van der Waals surface area contributed by atoms with Gasteiger partial charge >= 0.3 is 0 Å². The zero-order valence-electron chi connectivity index (χ0n) is 16.8. The van der Waals surface area contributed by atoms with Gasteiger partial charge in [-0.2, -0.15) is 0 Å². The van der Waals surface area contributed by atoms with Crippen LogP contribution in [0.25, 0.3) is 11.3 Å². The number of fused-ring (bicyclic) bond motifs is 4. The van der Waals surface area contributed by atoms with Gasteiger partial charge in [-0.1, -0.05) is 0 Å². The van der Waals surface area contributed by atoms with E-state index in [9.17, 15) is 14.7 Å². The standard InChI is InChI=1S/C21H26N6O3/c22-18-8-16(24-12-25-18)14-6-17-15-5-13(10-27(17)19(28)7-14)9-26(11-15)20(29)21(30)1-3-23-4-2-21/h6-8,12-13,15,23,30H,1-5,9-11H2,(H2,22,24,25)/t13-,15+/m0/s1. The first-order valence-electron chi connectivity index (χ1n) is 10.5. The van der Waals surface area contributed by atoms with E-state index in [1.54, 1.807) is 12.1 Å². The average molecular weight is 410 g/mol. The molecule has 30 heavy (non-hydrogen) atoms. The zero-order chi connectivity index (χ0) is 20.9. The lowest BCUT2D eigenvalue weighted by molar-refractivity contribution is -0.156. The molecule has 2 fully saturated rings. The average Bonchev–Trinajstić information content (AvgIpc) is 2.74. The number of nitrogens with one attached hydrogen (secondary N) is 1. The molecule has 2 aromatic rings. The van der Waals surface area contributed by atoms with Crippen molar-refractivity contribution in [1.82, 2.24) is 24.8 Å². The van der Waals surface area contributed by atoms with Crippen LogP contribution in [-0.2, 0) is 11.3 Å². The molecular weight excluding hydrogens is 384 g/mol. The van der Waals surface area contributed by atoms with Crippen LogP contribution in [0.1, 0.15) is 30.9 Å². The summed E-state index contributed by atoms with van der Waals surface area (Å²) in [5.74, 6) is 0.444. The van der Waals surface area contributed by atoms with E-state index in [-0.39, 0.29) is 23.3 Å². The Morgan fingerprint density at radius 2 is 1.97 bits per heavy atom. The van der Waals surface area contributed by atoms with Gasteiger partial charge in [0.05, 0.1) is 5.69 Å². The van der Waals surface area contributed by atoms with Crippen LogP contribution in [0.15, 0.2) is 29.3 Å². The first kappa shape index (κ1) is 19.2. The fourth-order valence-electron chi connectivity index (χ4n) is 5.15. The lowest BCUT2D eigenvalue weighted by Crippen LogP contribution is -2.58. The maximum absolute atomic E-state index is 13.2. The van der Waals surface area contributed by atoms with E-state index < -0.39 is 5.60 Å². The van der Waals surface area contributed by atoms with Crippen molar-refractivity contribution in [2.45, 2.75) is 37.3 Å². The molecule has 0 aliphatic carbocycles. The summed E-state index contributed by atoms with van der Waals surface area (Å²) in [6.07, 6.45) is 3.19. The van der Waals surface area contributed by atoms with Crippen LogP contribution in [0.3, 0.4) is 0 Å². The minimum absolute atomic E-state index is 0.0543. The van der Waals surface area contributed by atoms with E-state index in [0.717, 1.165) is 12.1 Å². The highest BCUT2D eigenvalue weighted by atomic mass is 16.3. The molecule has 3 aliphatic heterocycles. The summed E-state index contributed by atoms with van der Waals surface area (Å²) in [6.45, 7) is 2.97. The summed E-state index contributed by atoms with van der Waals surface area (Å²) in [5.41, 5.74) is 6.67. The van der Waals surface area contributed by atoms with Crippen LogP contribution in [-0.4, -0.2) is 62.2 Å². The Bertz CT molecular complexity index is 1050. The van der Waals surface area contributed by atoms with Gasteiger partial charge in [0.1, 0.15) is 17.7 Å². The molecule has 9 heteroatoms. The molecule has 158 valence electrons. The Labute approximate surface area is 173 Å². The fourth-order valence-corrected chi connectivity index (χ4v) is 5.15. The molecule has 5 rings (SSSR count). The molecule has 0 saturated carbocycles. The quantitative estimate of drug-likeness (QED) is 0.633. The van der Waals surface area contributed by atoms with Gasteiger partial charge in [0, 0.05) is 48.9 Å². The third kappa shape index (κ3) is 3.27. The molecule has 0 aromatic carbocycles. The van der Waals surface area contributed by atoms with Gasteiger partial charge in [-0.25, -0.2) is 9.97 Å². The maximum Gasteiger partial charge on any atom is 0.254 e. The molecule has 2 aromatic heterocycles. The molecule has 0 unspecified atom stereocenters. The summed E-state index contributed by atoms with van der Waals surface area (Å²) in [4.78, 5) is 36.0. The van der Waals surface area contributed by atoms with Crippen LogP contribution < -0.4 is 16.6 Å². The number of piperidine rings is 2. The first-order valence-corrected chi connectivity index (χ1v) is 10.5. The van der Waals surface area contributed by atoms with Crippen LogP contribution in [0.5, 0.6) is 0 Å². The maximum atomic E-state index is 13.2. The number of aliphatic hydroxyl groups is 1. The first-order chi connectivity index (χ1) is 14.4. The molecule has 5 heterocycles. The molecule has 2 saturated heterocycles. The van der Waals surface area contributed by atoms with E-state index >= 15 is 0 Å². The Morgan fingerprint density at radius 3 is 2.73 bits per heavy atom. The number of aromatic nitrogens is 3. The number of pyridine rings is 1. The molecule has 0 spiro atoms. The van der Waals surface area contributed by atoms with E-state index in [1.807, 2.05) is 15.5 Å². The minimum Gasteiger partial charge on any atom is -0.384 e. The monoisotopic (exact) mass is 410 g/mol. The number of hydrogen-bond donors (Lipinski definition) is 3. The molecule has 0 radical (unpaired) electrons. The second-order valence-electron chi connectivity index (χ2n) is 8.74. The number of hydrogen-bond acceptors (Lipinski definition) is 7. The molecular formula is C21H26N6O3. The van der Waals surface area contributed by atoms with Crippen molar-refractivity contribution < 1.29 is 9.90 Å². The molecule has 3 aliphatic rings. The number of rotatable bonds is 2. The van der Waals surface area contributed by atoms with Gasteiger partial charge in [-0.15, -0.1) is 0 Å². The predicted octanol–water partition coefficient (Wildman–Crippen LogP) is -0.0523. The minimum atomic E-state index is -1.28. The van der Waals surface area contributed by atoms with E-state index in [4.69, 9.17) is 5.73 Å². The van der Waals surface area contributed by atoms with E-state index in [0.29, 0.717) is 62.6 Å². The second-order valence-corrected chi connectivity index (χ2v) is 8.74. The van der Waals surface area contributed by atoms with Crippen LogP contribution in [0.2, 0.25) is 0 Å². The summed E-state index contributed by atoms with van der Waals surface area (Å²) in [5, 5.41) is 14.1. The summed E-state index contributed by atoms with van der Waals surface area (Å²) >= 11 is 0. The molecule has 2 bridgehead atoms. The fraction of sp³-hybridized carbons (Fsp3) is 0.524. The SMILES string of the molecule is Nc1cc(-c2cc3n(c(=O)c2)C[C@H]2C[C@@H]3CN(C(=O)C3(O)CCNCC3)C2)ncn1. The van der Waals surface area contributed by atoms with Gasteiger partial charge in [-0.05, 0) is 44.3 Å². The van der Waals surface area contributed by atoms with Crippen molar-refractivity contribution >= 4 is 11.7 Å². The summed E-state index contributed by atoms with van der Waals surface area (Å²) in [6, 6.07) is 5.23. The summed E-state index contributed by atoms with van der Waals surface area (Å²) in [7, 11) is 0. The third-order valence-corrected chi connectivity index (χ3v) is 6.66. The lowest BCUT2D eigenvalue weighted by atomic mass is 9.81. The van der Waals surface area contributed by atoms with Gasteiger partial charge < -0.3 is 25.6 Å². The van der Waals surface area contributed by atoms with E-state index in [1.165, 1.54) is 6.33 Å². The number of nitrogen functional groups attached to an aromatic ring is 1. The molecule has 4 N–H and O–H groups in total. The normalized spacial score (nSPS) is 24.9.